The monoisotopic (exact) mass is 415 g/mol. The van der Waals surface area contributed by atoms with Crippen LogP contribution in [-0.4, -0.2) is 48.6 Å². The predicted molar refractivity (Wildman–Crippen MR) is 124 cm³/mol. The maximum Gasteiger partial charge on any atom is 0.234 e. The normalized spacial score (nSPS) is 15.4. The summed E-state index contributed by atoms with van der Waals surface area (Å²) in [7, 11) is 0. The number of anilines is 1. The fourth-order valence-corrected chi connectivity index (χ4v) is 4.06. The molecule has 0 bridgehead atoms. The van der Waals surface area contributed by atoms with E-state index >= 15 is 0 Å². The molecule has 1 aliphatic rings. The standard InChI is InChI=1S/C26H29N3O2/c30-24-13-11-23(12-14-24)29-17-15-28(16-18-29)20-26(31)27-25(22-9-5-2-6-10-22)19-21-7-3-1-4-8-21/h1-14,25,30H,15-20H2,(H,27,31)/t25-/m0/s1. The predicted octanol–water partition coefficient (Wildman–Crippen LogP) is 3.61. The molecule has 160 valence electrons. The molecule has 4 rings (SSSR count). The van der Waals surface area contributed by atoms with Gasteiger partial charge in [0.2, 0.25) is 5.91 Å². The average Bonchev–Trinajstić information content (AvgIpc) is 2.81. The van der Waals surface area contributed by atoms with Gasteiger partial charge in [-0.1, -0.05) is 60.7 Å². The first kappa shape index (κ1) is 20.9. The van der Waals surface area contributed by atoms with Gasteiger partial charge in [0.1, 0.15) is 5.75 Å². The molecule has 0 aromatic heterocycles. The number of aromatic hydroxyl groups is 1. The van der Waals surface area contributed by atoms with E-state index in [-0.39, 0.29) is 17.7 Å². The van der Waals surface area contributed by atoms with Crippen molar-refractivity contribution in [3.8, 4) is 5.75 Å². The van der Waals surface area contributed by atoms with E-state index in [1.54, 1.807) is 12.1 Å². The van der Waals surface area contributed by atoms with Crippen molar-refractivity contribution in [1.82, 2.24) is 10.2 Å². The number of nitrogens with one attached hydrogen (secondary N) is 1. The number of carbonyl (C=O) groups is 1. The smallest absolute Gasteiger partial charge is 0.234 e. The third-order valence-electron chi connectivity index (χ3n) is 5.77. The molecular formula is C26H29N3O2. The number of nitrogens with zero attached hydrogens (tertiary/aromatic N) is 2. The second kappa shape index (κ2) is 10.1. The Morgan fingerprint density at radius 1 is 0.839 bits per heavy atom. The lowest BCUT2D eigenvalue weighted by molar-refractivity contribution is -0.123. The topological polar surface area (TPSA) is 55.8 Å². The van der Waals surface area contributed by atoms with Gasteiger partial charge in [-0.15, -0.1) is 0 Å². The second-order valence-corrected chi connectivity index (χ2v) is 8.00. The van der Waals surface area contributed by atoms with E-state index in [0.717, 1.165) is 43.9 Å². The fourth-order valence-electron chi connectivity index (χ4n) is 4.06. The highest BCUT2D eigenvalue weighted by molar-refractivity contribution is 5.78. The van der Waals surface area contributed by atoms with E-state index < -0.39 is 0 Å². The third kappa shape index (κ3) is 5.86. The Morgan fingerprint density at radius 3 is 2.10 bits per heavy atom. The van der Waals surface area contributed by atoms with E-state index in [1.807, 2.05) is 48.5 Å². The molecule has 1 heterocycles. The van der Waals surface area contributed by atoms with Crippen molar-refractivity contribution < 1.29 is 9.90 Å². The van der Waals surface area contributed by atoms with Crippen LogP contribution in [0.1, 0.15) is 17.2 Å². The van der Waals surface area contributed by atoms with Gasteiger partial charge in [0.15, 0.2) is 0 Å². The molecule has 0 radical (unpaired) electrons. The maximum absolute atomic E-state index is 12.9. The van der Waals surface area contributed by atoms with Crippen LogP contribution in [0.2, 0.25) is 0 Å². The van der Waals surface area contributed by atoms with Crippen LogP contribution in [0.4, 0.5) is 5.69 Å². The molecule has 31 heavy (non-hydrogen) atoms. The summed E-state index contributed by atoms with van der Waals surface area (Å²) in [5, 5.41) is 12.7. The molecule has 0 aliphatic carbocycles. The van der Waals surface area contributed by atoms with Crippen molar-refractivity contribution in [2.75, 3.05) is 37.6 Å². The van der Waals surface area contributed by atoms with Gasteiger partial charge in [0, 0.05) is 31.9 Å². The van der Waals surface area contributed by atoms with E-state index in [0.29, 0.717) is 6.54 Å². The van der Waals surface area contributed by atoms with Gasteiger partial charge in [-0.25, -0.2) is 0 Å². The van der Waals surface area contributed by atoms with E-state index in [2.05, 4.69) is 39.4 Å². The zero-order valence-corrected chi connectivity index (χ0v) is 17.7. The molecule has 1 fully saturated rings. The molecule has 5 heteroatoms. The molecule has 3 aromatic carbocycles. The second-order valence-electron chi connectivity index (χ2n) is 8.00. The minimum Gasteiger partial charge on any atom is -0.508 e. The molecule has 2 N–H and O–H groups in total. The summed E-state index contributed by atoms with van der Waals surface area (Å²) in [6.45, 7) is 3.81. The number of benzene rings is 3. The lowest BCUT2D eigenvalue weighted by Gasteiger charge is -2.36. The lowest BCUT2D eigenvalue weighted by Crippen LogP contribution is -2.50. The van der Waals surface area contributed by atoms with Gasteiger partial charge in [-0.3, -0.25) is 9.69 Å². The molecule has 3 aromatic rings. The van der Waals surface area contributed by atoms with Crippen LogP contribution in [0.5, 0.6) is 5.75 Å². The average molecular weight is 416 g/mol. The summed E-state index contributed by atoms with van der Waals surface area (Å²) in [6.07, 6.45) is 0.769. The van der Waals surface area contributed by atoms with Crippen LogP contribution in [-0.2, 0) is 11.2 Å². The van der Waals surface area contributed by atoms with E-state index in [4.69, 9.17) is 0 Å². The molecule has 1 aliphatic heterocycles. The van der Waals surface area contributed by atoms with Crippen LogP contribution < -0.4 is 10.2 Å². The summed E-state index contributed by atoms with van der Waals surface area (Å²) in [4.78, 5) is 17.4. The molecule has 0 unspecified atom stereocenters. The van der Waals surface area contributed by atoms with Crippen molar-refractivity contribution in [2.24, 2.45) is 0 Å². The Labute approximate surface area is 183 Å². The van der Waals surface area contributed by atoms with Gasteiger partial charge in [0.05, 0.1) is 12.6 Å². The van der Waals surface area contributed by atoms with Crippen molar-refractivity contribution in [3.05, 3.63) is 96.1 Å². The maximum atomic E-state index is 12.9. The highest BCUT2D eigenvalue weighted by Crippen LogP contribution is 2.21. The molecule has 1 saturated heterocycles. The number of hydrogen-bond acceptors (Lipinski definition) is 4. The molecule has 1 amide bonds. The first-order valence-corrected chi connectivity index (χ1v) is 10.8. The largest absolute Gasteiger partial charge is 0.508 e. The first-order chi connectivity index (χ1) is 15.2. The minimum absolute atomic E-state index is 0.0469. The van der Waals surface area contributed by atoms with Crippen LogP contribution in [0, 0.1) is 0 Å². The number of phenols is 1. The summed E-state index contributed by atoms with van der Waals surface area (Å²) < 4.78 is 0. The van der Waals surface area contributed by atoms with Crippen molar-refractivity contribution in [1.29, 1.82) is 0 Å². The Bertz CT molecular complexity index is 953. The highest BCUT2D eigenvalue weighted by atomic mass is 16.3. The zero-order chi connectivity index (χ0) is 21.5. The van der Waals surface area contributed by atoms with Gasteiger partial charge in [0.25, 0.3) is 0 Å². The zero-order valence-electron chi connectivity index (χ0n) is 17.7. The summed E-state index contributed by atoms with van der Waals surface area (Å²) in [5.74, 6) is 0.338. The van der Waals surface area contributed by atoms with Gasteiger partial charge >= 0.3 is 0 Å². The van der Waals surface area contributed by atoms with Gasteiger partial charge in [-0.05, 0) is 41.8 Å². The Kier molecular flexibility index (Phi) is 6.85. The van der Waals surface area contributed by atoms with Crippen LogP contribution in [0.3, 0.4) is 0 Å². The number of carbonyl (C=O) groups excluding carboxylic acids is 1. The summed E-state index contributed by atoms with van der Waals surface area (Å²) >= 11 is 0. The van der Waals surface area contributed by atoms with Gasteiger partial charge < -0.3 is 15.3 Å². The number of rotatable bonds is 7. The van der Waals surface area contributed by atoms with Crippen molar-refractivity contribution >= 4 is 11.6 Å². The first-order valence-electron chi connectivity index (χ1n) is 10.8. The quantitative estimate of drug-likeness (QED) is 0.619. The Hall–Kier alpha value is -3.31. The molecule has 5 nitrogen and oxygen atoms in total. The molecule has 1 atom stereocenters. The van der Waals surface area contributed by atoms with Crippen LogP contribution in [0.25, 0.3) is 0 Å². The van der Waals surface area contributed by atoms with E-state index in [9.17, 15) is 9.90 Å². The molecule has 0 saturated carbocycles. The number of amides is 1. The van der Waals surface area contributed by atoms with Crippen molar-refractivity contribution in [3.63, 3.8) is 0 Å². The highest BCUT2D eigenvalue weighted by Gasteiger charge is 2.21. The number of hydrogen-bond donors (Lipinski definition) is 2. The summed E-state index contributed by atoms with van der Waals surface area (Å²) in [5.41, 5.74) is 3.44. The van der Waals surface area contributed by atoms with Gasteiger partial charge in [-0.2, -0.15) is 0 Å². The minimum atomic E-state index is -0.0469. The molecular weight excluding hydrogens is 386 g/mol. The van der Waals surface area contributed by atoms with Crippen molar-refractivity contribution in [2.45, 2.75) is 12.5 Å². The number of phenolic OH excluding ortho intramolecular Hbond substituents is 1. The van der Waals surface area contributed by atoms with E-state index in [1.165, 1.54) is 5.56 Å². The number of piperazine rings is 1. The fraction of sp³-hybridized carbons (Fsp3) is 0.269. The Morgan fingerprint density at radius 2 is 1.45 bits per heavy atom. The Balaban J connectivity index is 1.33. The van der Waals surface area contributed by atoms with Crippen LogP contribution >= 0.6 is 0 Å². The summed E-state index contributed by atoms with van der Waals surface area (Å²) in [6, 6.07) is 27.7. The lowest BCUT2D eigenvalue weighted by atomic mass is 9.99. The molecule has 0 spiro atoms. The third-order valence-corrected chi connectivity index (χ3v) is 5.77. The SMILES string of the molecule is O=C(CN1CCN(c2ccc(O)cc2)CC1)N[C@@H](Cc1ccccc1)c1ccccc1. The van der Waals surface area contributed by atoms with Crippen LogP contribution in [0.15, 0.2) is 84.9 Å².